The summed E-state index contributed by atoms with van der Waals surface area (Å²) in [4.78, 5) is 59.7. The Morgan fingerprint density at radius 2 is 1.39 bits per heavy atom. The number of amides is 3. The van der Waals surface area contributed by atoms with Gasteiger partial charge < -0.3 is 15.5 Å². The second-order valence-corrected chi connectivity index (χ2v) is 8.59. The number of hydrazine groups is 1. The van der Waals surface area contributed by atoms with Gasteiger partial charge in [-0.25, -0.2) is 15.0 Å². The summed E-state index contributed by atoms with van der Waals surface area (Å²) in [5, 5.41) is 30.6. The Hall–Kier alpha value is -3.47. The van der Waals surface area contributed by atoms with E-state index >= 15 is 0 Å². The Labute approximate surface area is 191 Å². The van der Waals surface area contributed by atoms with Crippen LogP contribution in [0.25, 0.3) is 0 Å². The predicted octanol–water partition coefficient (Wildman–Crippen LogP) is 1.92. The molecule has 0 heterocycles. The molecule has 0 radical (unpaired) electrons. The van der Waals surface area contributed by atoms with Crippen LogP contribution in [0.2, 0.25) is 0 Å². The maximum absolute atomic E-state index is 12.7. The molecule has 0 aromatic heterocycles. The molecular weight excluding hydrogens is 434 g/mol. The third kappa shape index (κ3) is 9.27. The van der Waals surface area contributed by atoms with E-state index < -0.39 is 48.0 Å². The van der Waals surface area contributed by atoms with Gasteiger partial charge in [0.25, 0.3) is 11.8 Å². The van der Waals surface area contributed by atoms with Gasteiger partial charge in [0.05, 0.1) is 5.56 Å². The summed E-state index contributed by atoms with van der Waals surface area (Å²) in [5.41, 5.74) is 1.92. The topological polar surface area (TPSA) is 173 Å². The van der Waals surface area contributed by atoms with Crippen LogP contribution in [0.1, 0.15) is 67.7 Å². The molecule has 1 rings (SSSR count). The van der Waals surface area contributed by atoms with Gasteiger partial charge in [0.15, 0.2) is 0 Å². The van der Waals surface area contributed by atoms with Crippen LogP contribution in [0.3, 0.4) is 0 Å². The van der Waals surface area contributed by atoms with Gasteiger partial charge in [0, 0.05) is 17.9 Å². The average Bonchev–Trinajstić information content (AvgIpc) is 2.71. The fourth-order valence-electron chi connectivity index (χ4n) is 3.12. The lowest BCUT2D eigenvalue weighted by Crippen LogP contribution is -2.48. The number of rotatable bonds is 11. The summed E-state index contributed by atoms with van der Waals surface area (Å²) in [6, 6.07) is 3.71. The molecule has 0 spiro atoms. The molecule has 1 unspecified atom stereocenters. The standard InChI is InChI=1S/C22H31N3O8/c1-12(2)9-16(19(27)23-17(22(31)32)10-13(3)4)11-18(26)25(33)24-20(28)14-5-7-15(8-6-14)21(29)30/h5-8,12-13,16-17,33H,9-11H2,1-4H3,(H,23,27)(H,24,28)(H,29,30)(H,31,32)/t16?,17-/m0/s1. The predicted molar refractivity (Wildman–Crippen MR) is 116 cm³/mol. The molecule has 5 N–H and O–H groups in total. The molecule has 3 amide bonds. The number of carboxylic acids is 2. The summed E-state index contributed by atoms with van der Waals surface area (Å²) in [6.45, 7) is 7.29. The Morgan fingerprint density at radius 3 is 1.85 bits per heavy atom. The maximum atomic E-state index is 12.7. The van der Waals surface area contributed by atoms with Crippen molar-refractivity contribution in [1.82, 2.24) is 15.9 Å². The van der Waals surface area contributed by atoms with Crippen molar-refractivity contribution in [2.24, 2.45) is 17.8 Å². The van der Waals surface area contributed by atoms with Crippen LogP contribution in [-0.2, 0) is 14.4 Å². The van der Waals surface area contributed by atoms with Gasteiger partial charge in [0.1, 0.15) is 6.04 Å². The van der Waals surface area contributed by atoms with Crippen LogP contribution >= 0.6 is 0 Å². The molecule has 182 valence electrons. The normalized spacial score (nSPS) is 12.7. The highest BCUT2D eigenvalue weighted by molar-refractivity contribution is 5.97. The van der Waals surface area contributed by atoms with Crippen molar-refractivity contribution in [3.63, 3.8) is 0 Å². The lowest BCUT2D eigenvalue weighted by molar-refractivity contribution is -0.177. The van der Waals surface area contributed by atoms with Crippen molar-refractivity contribution in [2.75, 3.05) is 0 Å². The van der Waals surface area contributed by atoms with Crippen molar-refractivity contribution in [3.05, 3.63) is 35.4 Å². The Morgan fingerprint density at radius 1 is 0.879 bits per heavy atom. The van der Waals surface area contributed by atoms with Crippen LogP contribution in [0.4, 0.5) is 0 Å². The highest BCUT2D eigenvalue weighted by atomic mass is 16.6. The van der Waals surface area contributed by atoms with Crippen LogP contribution in [0.15, 0.2) is 24.3 Å². The van der Waals surface area contributed by atoms with Crippen LogP contribution in [-0.4, -0.2) is 56.3 Å². The average molecular weight is 466 g/mol. The molecule has 1 aromatic rings. The lowest BCUT2D eigenvalue weighted by atomic mass is 9.92. The summed E-state index contributed by atoms with van der Waals surface area (Å²) in [5.74, 6) is -5.73. The zero-order valence-corrected chi connectivity index (χ0v) is 19.1. The first-order valence-electron chi connectivity index (χ1n) is 10.5. The molecule has 0 saturated heterocycles. The third-order valence-electron chi connectivity index (χ3n) is 4.71. The Bertz CT molecular complexity index is 867. The van der Waals surface area contributed by atoms with E-state index in [9.17, 15) is 34.3 Å². The molecule has 0 aliphatic rings. The number of hydrogen-bond donors (Lipinski definition) is 5. The van der Waals surface area contributed by atoms with Gasteiger partial charge in [-0.1, -0.05) is 27.7 Å². The first-order chi connectivity index (χ1) is 15.3. The summed E-state index contributed by atoms with van der Waals surface area (Å²) in [6.07, 6.45) is 0.00304. The van der Waals surface area contributed by atoms with E-state index in [4.69, 9.17) is 5.11 Å². The van der Waals surface area contributed by atoms with E-state index in [0.29, 0.717) is 0 Å². The van der Waals surface area contributed by atoms with Crippen LogP contribution < -0.4 is 10.7 Å². The smallest absolute Gasteiger partial charge is 0.335 e. The summed E-state index contributed by atoms with van der Waals surface area (Å²) >= 11 is 0. The van der Waals surface area contributed by atoms with Crippen LogP contribution in [0.5, 0.6) is 0 Å². The number of hydrogen-bond acceptors (Lipinski definition) is 6. The fraction of sp³-hybridized carbons (Fsp3) is 0.500. The highest BCUT2D eigenvalue weighted by Gasteiger charge is 2.30. The monoisotopic (exact) mass is 465 g/mol. The van der Waals surface area contributed by atoms with Crippen molar-refractivity contribution in [1.29, 1.82) is 0 Å². The van der Waals surface area contributed by atoms with Gasteiger partial charge in [-0.2, -0.15) is 0 Å². The fourth-order valence-corrected chi connectivity index (χ4v) is 3.12. The first kappa shape index (κ1) is 27.6. The van der Waals surface area contributed by atoms with E-state index in [-0.39, 0.29) is 41.0 Å². The highest BCUT2D eigenvalue weighted by Crippen LogP contribution is 2.18. The van der Waals surface area contributed by atoms with Crippen LogP contribution in [0, 0.1) is 17.8 Å². The van der Waals surface area contributed by atoms with Gasteiger partial charge in [-0.05, 0) is 48.9 Å². The number of aliphatic carboxylic acids is 1. The first-order valence-corrected chi connectivity index (χ1v) is 10.5. The van der Waals surface area contributed by atoms with E-state index in [1.54, 1.807) is 0 Å². The molecule has 0 bridgehead atoms. The lowest BCUT2D eigenvalue weighted by Gasteiger charge is -2.24. The van der Waals surface area contributed by atoms with E-state index in [2.05, 4.69) is 5.32 Å². The summed E-state index contributed by atoms with van der Waals surface area (Å²) < 4.78 is 0. The van der Waals surface area contributed by atoms with Crippen molar-refractivity contribution >= 4 is 29.7 Å². The number of hydroxylamine groups is 1. The minimum atomic E-state index is -1.18. The number of nitrogens with zero attached hydrogens (tertiary/aromatic N) is 1. The molecule has 1 aromatic carbocycles. The SMILES string of the molecule is CC(C)CC(CC(=O)N(O)NC(=O)c1ccc(C(=O)O)cc1)C(=O)N[C@@H](CC(C)C)C(=O)O. The van der Waals surface area contributed by atoms with Gasteiger partial charge in [0.2, 0.25) is 5.91 Å². The van der Waals surface area contributed by atoms with Gasteiger partial charge >= 0.3 is 11.9 Å². The quantitative estimate of drug-likeness (QED) is 0.243. The van der Waals surface area contributed by atoms with Crippen molar-refractivity contribution < 1.29 is 39.4 Å². The van der Waals surface area contributed by atoms with Gasteiger partial charge in [-0.3, -0.25) is 19.6 Å². The van der Waals surface area contributed by atoms with E-state index in [0.717, 1.165) is 0 Å². The molecular formula is C22H31N3O8. The summed E-state index contributed by atoms with van der Waals surface area (Å²) in [7, 11) is 0. The zero-order chi connectivity index (χ0) is 25.3. The Kier molecular flexibility index (Phi) is 10.5. The van der Waals surface area contributed by atoms with Crippen molar-refractivity contribution in [3.8, 4) is 0 Å². The number of carboxylic acid groups (broad SMARTS) is 2. The minimum Gasteiger partial charge on any atom is -0.480 e. The van der Waals surface area contributed by atoms with Gasteiger partial charge in [-0.15, -0.1) is 5.17 Å². The van der Waals surface area contributed by atoms with E-state index in [1.807, 2.05) is 33.1 Å². The van der Waals surface area contributed by atoms with E-state index in [1.165, 1.54) is 24.3 Å². The number of benzene rings is 1. The second-order valence-electron chi connectivity index (χ2n) is 8.59. The zero-order valence-electron chi connectivity index (χ0n) is 19.1. The molecule has 11 heteroatoms. The third-order valence-corrected chi connectivity index (χ3v) is 4.71. The largest absolute Gasteiger partial charge is 0.480 e. The molecule has 0 saturated carbocycles. The molecule has 11 nitrogen and oxygen atoms in total. The molecule has 0 aliphatic heterocycles. The molecule has 2 atom stereocenters. The Balaban J connectivity index is 2.83. The van der Waals surface area contributed by atoms with Crippen molar-refractivity contribution in [2.45, 2.75) is 53.0 Å². The number of carbonyl (C=O) groups excluding carboxylic acids is 3. The minimum absolute atomic E-state index is 0.00121. The second kappa shape index (κ2) is 12.5. The molecule has 33 heavy (non-hydrogen) atoms. The number of aromatic carboxylic acids is 1. The molecule has 0 fully saturated rings. The molecule has 0 aliphatic carbocycles. The number of nitrogens with one attached hydrogen (secondary N) is 2. The maximum Gasteiger partial charge on any atom is 0.335 e. The number of carbonyl (C=O) groups is 5.